The number of likely N-dealkylation sites (N-methyl/N-ethyl adjacent to an activating group) is 1. The lowest BCUT2D eigenvalue weighted by molar-refractivity contribution is -0.117. The van der Waals surface area contributed by atoms with E-state index in [0.29, 0.717) is 41.3 Å². The Morgan fingerprint density at radius 2 is 1.56 bits per heavy atom. The number of anilines is 2. The third-order valence-electron chi connectivity index (χ3n) is 5.85. The maximum Gasteiger partial charge on any atom is 0.255 e. The maximum atomic E-state index is 12.9. The van der Waals surface area contributed by atoms with Gasteiger partial charge in [0.2, 0.25) is 5.91 Å². The van der Waals surface area contributed by atoms with Crippen molar-refractivity contribution in [2.24, 2.45) is 5.92 Å². The van der Waals surface area contributed by atoms with Gasteiger partial charge < -0.3 is 25.2 Å². The van der Waals surface area contributed by atoms with E-state index in [1.807, 2.05) is 11.9 Å². The van der Waals surface area contributed by atoms with E-state index in [9.17, 15) is 14.4 Å². The number of hydrogen-bond donors (Lipinski definition) is 2. The smallest absolute Gasteiger partial charge is 0.255 e. The van der Waals surface area contributed by atoms with Crippen molar-refractivity contribution in [2.75, 3.05) is 51.0 Å². The molecule has 168 valence electrons. The highest BCUT2D eigenvalue weighted by atomic mass is 16.5. The lowest BCUT2D eigenvalue weighted by Gasteiger charge is -2.32. The number of rotatable bonds is 6. The van der Waals surface area contributed by atoms with Crippen LogP contribution in [0.2, 0.25) is 0 Å². The fourth-order valence-electron chi connectivity index (χ4n) is 3.62. The molecule has 3 amide bonds. The van der Waals surface area contributed by atoms with Crippen molar-refractivity contribution in [3.05, 3.63) is 53.6 Å². The molecule has 0 unspecified atom stereocenters. The number of amides is 3. The number of ether oxygens (including phenoxy) is 1. The summed E-state index contributed by atoms with van der Waals surface area (Å²) in [7, 11) is 3.56. The zero-order valence-electron chi connectivity index (χ0n) is 18.4. The molecule has 0 spiro atoms. The Hall–Kier alpha value is -3.39. The predicted octanol–water partition coefficient (Wildman–Crippen LogP) is 2.68. The first-order valence-electron chi connectivity index (χ1n) is 10.8. The zero-order chi connectivity index (χ0) is 22.7. The van der Waals surface area contributed by atoms with Gasteiger partial charge in [-0.1, -0.05) is 0 Å². The highest BCUT2D eigenvalue weighted by Crippen LogP contribution is 2.30. The molecule has 2 fully saturated rings. The van der Waals surface area contributed by atoms with Crippen LogP contribution in [0, 0.1) is 5.92 Å². The van der Waals surface area contributed by atoms with E-state index < -0.39 is 0 Å². The quantitative estimate of drug-likeness (QED) is 0.727. The number of nitrogens with one attached hydrogen (secondary N) is 2. The van der Waals surface area contributed by atoms with E-state index in [1.165, 1.54) is 7.11 Å². The molecule has 0 bridgehead atoms. The minimum Gasteiger partial charge on any atom is -0.495 e. The summed E-state index contributed by atoms with van der Waals surface area (Å²) in [6, 6.07) is 11.8. The number of benzene rings is 2. The van der Waals surface area contributed by atoms with Crippen molar-refractivity contribution >= 4 is 29.1 Å². The molecule has 1 aliphatic heterocycles. The van der Waals surface area contributed by atoms with Crippen LogP contribution >= 0.6 is 0 Å². The van der Waals surface area contributed by atoms with E-state index in [1.54, 1.807) is 42.5 Å². The predicted molar refractivity (Wildman–Crippen MR) is 122 cm³/mol. The number of piperazine rings is 1. The monoisotopic (exact) mass is 436 g/mol. The summed E-state index contributed by atoms with van der Waals surface area (Å²) in [4.78, 5) is 41.6. The topological polar surface area (TPSA) is 91.0 Å². The number of carbonyl (C=O) groups excluding carboxylic acids is 3. The first-order valence-corrected chi connectivity index (χ1v) is 10.8. The summed E-state index contributed by atoms with van der Waals surface area (Å²) in [5.74, 6) is 0.223. The van der Waals surface area contributed by atoms with Crippen molar-refractivity contribution in [1.82, 2.24) is 9.80 Å². The maximum absolute atomic E-state index is 12.9. The van der Waals surface area contributed by atoms with Crippen molar-refractivity contribution in [3.8, 4) is 5.75 Å². The van der Waals surface area contributed by atoms with Crippen molar-refractivity contribution < 1.29 is 19.1 Å². The highest BCUT2D eigenvalue weighted by Gasteiger charge is 2.29. The van der Waals surface area contributed by atoms with Crippen LogP contribution in [0.1, 0.15) is 33.6 Å². The molecule has 2 N–H and O–H groups in total. The number of nitrogens with zero attached hydrogens (tertiary/aromatic N) is 2. The molecule has 4 rings (SSSR count). The van der Waals surface area contributed by atoms with Crippen molar-refractivity contribution in [3.63, 3.8) is 0 Å². The standard InChI is InChI=1S/C24H28N4O4/c1-27-11-13-28(14-12-27)24(31)18-7-10-21(32-2)20(15-18)26-23(30)17-5-8-19(9-6-17)25-22(29)16-3-4-16/h5-10,15-16H,3-4,11-14H2,1-2H3,(H,25,29)(H,26,30). The molecule has 0 radical (unpaired) electrons. The molecule has 1 saturated heterocycles. The van der Waals surface area contributed by atoms with Gasteiger partial charge in [-0.15, -0.1) is 0 Å². The molecule has 1 heterocycles. The van der Waals surface area contributed by atoms with E-state index in [-0.39, 0.29) is 23.6 Å². The molecule has 32 heavy (non-hydrogen) atoms. The molecule has 8 heteroatoms. The summed E-state index contributed by atoms with van der Waals surface area (Å²) in [5, 5.41) is 5.70. The van der Waals surface area contributed by atoms with Crippen LogP contribution < -0.4 is 15.4 Å². The van der Waals surface area contributed by atoms with Crippen molar-refractivity contribution in [2.45, 2.75) is 12.8 Å². The first kappa shape index (κ1) is 21.8. The molecule has 0 atom stereocenters. The van der Waals surface area contributed by atoms with E-state index in [4.69, 9.17) is 4.74 Å². The van der Waals surface area contributed by atoms with Crippen LogP contribution in [-0.2, 0) is 4.79 Å². The third kappa shape index (κ3) is 5.08. The summed E-state index contributed by atoms with van der Waals surface area (Å²) in [6.45, 7) is 3.02. The Balaban J connectivity index is 1.45. The largest absolute Gasteiger partial charge is 0.495 e. The summed E-state index contributed by atoms with van der Waals surface area (Å²) >= 11 is 0. The van der Waals surface area contributed by atoms with E-state index in [0.717, 1.165) is 25.9 Å². The van der Waals surface area contributed by atoms with Gasteiger partial charge in [0.25, 0.3) is 11.8 Å². The average Bonchev–Trinajstić information content (AvgIpc) is 3.65. The van der Waals surface area contributed by atoms with Gasteiger partial charge in [0.15, 0.2) is 0 Å². The van der Waals surface area contributed by atoms with Gasteiger partial charge in [0, 0.05) is 48.9 Å². The second kappa shape index (κ2) is 9.40. The minimum absolute atomic E-state index is 0.0220. The Labute approximate surface area is 187 Å². The first-order chi connectivity index (χ1) is 15.4. The SMILES string of the molecule is COc1ccc(C(=O)N2CCN(C)CC2)cc1NC(=O)c1ccc(NC(=O)C2CC2)cc1. The fourth-order valence-corrected chi connectivity index (χ4v) is 3.62. The average molecular weight is 437 g/mol. The lowest BCUT2D eigenvalue weighted by atomic mass is 10.1. The summed E-state index contributed by atoms with van der Waals surface area (Å²) in [5.41, 5.74) is 2.04. The Kier molecular flexibility index (Phi) is 6.41. The summed E-state index contributed by atoms with van der Waals surface area (Å²) < 4.78 is 5.37. The Bertz CT molecular complexity index is 1010. The second-order valence-corrected chi connectivity index (χ2v) is 8.31. The molecule has 0 aromatic heterocycles. The Morgan fingerprint density at radius 1 is 0.906 bits per heavy atom. The Morgan fingerprint density at radius 3 is 2.19 bits per heavy atom. The van der Waals surface area contributed by atoms with Gasteiger partial charge in [-0.3, -0.25) is 14.4 Å². The van der Waals surface area contributed by atoms with Crippen LogP contribution in [0.25, 0.3) is 0 Å². The molecular formula is C24H28N4O4. The number of methoxy groups -OCH3 is 1. The summed E-state index contributed by atoms with van der Waals surface area (Å²) in [6.07, 6.45) is 1.87. The van der Waals surface area contributed by atoms with E-state index in [2.05, 4.69) is 15.5 Å². The van der Waals surface area contributed by atoms with Crippen LogP contribution in [0.5, 0.6) is 5.75 Å². The van der Waals surface area contributed by atoms with Crippen LogP contribution in [0.4, 0.5) is 11.4 Å². The van der Waals surface area contributed by atoms with E-state index >= 15 is 0 Å². The fraction of sp³-hybridized carbons (Fsp3) is 0.375. The highest BCUT2D eigenvalue weighted by molar-refractivity contribution is 6.06. The van der Waals surface area contributed by atoms with Crippen LogP contribution in [0.15, 0.2) is 42.5 Å². The van der Waals surface area contributed by atoms with Gasteiger partial charge >= 0.3 is 0 Å². The van der Waals surface area contributed by atoms with Gasteiger partial charge in [-0.2, -0.15) is 0 Å². The number of carbonyl (C=O) groups is 3. The van der Waals surface area contributed by atoms with Crippen LogP contribution in [-0.4, -0.2) is 67.9 Å². The third-order valence-corrected chi connectivity index (χ3v) is 5.85. The van der Waals surface area contributed by atoms with Gasteiger partial charge in [-0.05, 0) is 62.4 Å². The zero-order valence-corrected chi connectivity index (χ0v) is 18.4. The van der Waals surface area contributed by atoms with Crippen molar-refractivity contribution in [1.29, 1.82) is 0 Å². The molecule has 1 saturated carbocycles. The van der Waals surface area contributed by atoms with Gasteiger partial charge in [0.1, 0.15) is 5.75 Å². The lowest BCUT2D eigenvalue weighted by Crippen LogP contribution is -2.47. The molecule has 8 nitrogen and oxygen atoms in total. The molecule has 2 aliphatic rings. The van der Waals surface area contributed by atoms with Gasteiger partial charge in [0.05, 0.1) is 12.8 Å². The molecule has 2 aromatic carbocycles. The molecule has 2 aromatic rings. The minimum atomic E-state index is -0.326. The number of hydrogen-bond acceptors (Lipinski definition) is 5. The van der Waals surface area contributed by atoms with Gasteiger partial charge in [-0.25, -0.2) is 0 Å². The van der Waals surface area contributed by atoms with Crippen LogP contribution in [0.3, 0.4) is 0 Å². The molecule has 1 aliphatic carbocycles. The molecular weight excluding hydrogens is 408 g/mol. The normalized spacial score (nSPS) is 16.4. The second-order valence-electron chi connectivity index (χ2n) is 8.31.